The SMILES string of the molecule is COCCN1CCC(NC(=O)c2ccc(C(F)(F)F)cc2)CC1. The van der Waals surface area contributed by atoms with Crippen molar-refractivity contribution in [1.29, 1.82) is 0 Å². The molecule has 0 aliphatic carbocycles. The molecule has 0 spiro atoms. The van der Waals surface area contributed by atoms with Gasteiger partial charge in [0.2, 0.25) is 0 Å². The second-order valence-electron chi connectivity index (χ2n) is 5.66. The number of benzene rings is 1. The topological polar surface area (TPSA) is 41.6 Å². The molecule has 1 N–H and O–H groups in total. The number of hydrogen-bond acceptors (Lipinski definition) is 3. The number of piperidine rings is 1. The molecule has 4 nitrogen and oxygen atoms in total. The highest BCUT2D eigenvalue weighted by Gasteiger charge is 2.30. The number of hydrogen-bond donors (Lipinski definition) is 1. The molecule has 1 amide bonds. The van der Waals surface area contributed by atoms with E-state index in [1.54, 1.807) is 7.11 Å². The van der Waals surface area contributed by atoms with Gasteiger partial charge in [-0.2, -0.15) is 13.2 Å². The van der Waals surface area contributed by atoms with E-state index in [1.807, 2.05) is 0 Å². The summed E-state index contributed by atoms with van der Waals surface area (Å²) >= 11 is 0. The van der Waals surface area contributed by atoms with Crippen molar-refractivity contribution in [3.05, 3.63) is 35.4 Å². The van der Waals surface area contributed by atoms with Crippen LogP contribution in [-0.4, -0.2) is 50.2 Å². The first-order valence-electron chi connectivity index (χ1n) is 7.59. The molecule has 0 radical (unpaired) electrons. The van der Waals surface area contributed by atoms with Gasteiger partial charge in [-0.3, -0.25) is 4.79 Å². The summed E-state index contributed by atoms with van der Waals surface area (Å²) in [5.74, 6) is -0.325. The predicted octanol–water partition coefficient (Wildman–Crippen LogP) is 2.55. The molecule has 1 heterocycles. The summed E-state index contributed by atoms with van der Waals surface area (Å²) in [6, 6.07) is 4.35. The molecule has 1 aliphatic heterocycles. The van der Waals surface area contributed by atoms with Crippen LogP contribution >= 0.6 is 0 Å². The third-order valence-corrected chi connectivity index (χ3v) is 4.01. The first-order chi connectivity index (χ1) is 10.9. The second-order valence-corrected chi connectivity index (χ2v) is 5.66. The number of carbonyl (C=O) groups is 1. The third kappa shape index (κ3) is 5.21. The molecule has 23 heavy (non-hydrogen) atoms. The van der Waals surface area contributed by atoms with E-state index < -0.39 is 11.7 Å². The number of rotatable bonds is 5. The van der Waals surface area contributed by atoms with Gasteiger partial charge in [-0.15, -0.1) is 0 Å². The minimum absolute atomic E-state index is 0.0589. The first-order valence-corrected chi connectivity index (χ1v) is 7.59. The van der Waals surface area contributed by atoms with Crippen molar-refractivity contribution < 1.29 is 22.7 Å². The monoisotopic (exact) mass is 330 g/mol. The van der Waals surface area contributed by atoms with Crippen LogP contribution in [0.4, 0.5) is 13.2 Å². The first kappa shape index (κ1) is 17.7. The lowest BCUT2D eigenvalue weighted by molar-refractivity contribution is -0.137. The minimum atomic E-state index is -4.38. The number of likely N-dealkylation sites (tertiary alicyclic amines) is 1. The van der Waals surface area contributed by atoms with Crippen molar-refractivity contribution in [2.45, 2.75) is 25.1 Å². The van der Waals surface area contributed by atoms with Crippen molar-refractivity contribution in [3.63, 3.8) is 0 Å². The molecule has 0 atom stereocenters. The maximum Gasteiger partial charge on any atom is 0.416 e. The quantitative estimate of drug-likeness (QED) is 0.902. The Bertz CT molecular complexity index is 509. The third-order valence-electron chi connectivity index (χ3n) is 4.01. The van der Waals surface area contributed by atoms with Gasteiger partial charge in [0.25, 0.3) is 5.91 Å². The van der Waals surface area contributed by atoms with Crippen LogP contribution in [0.1, 0.15) is 28.8 Å². The molecule has 128 valence electrons. The number of carbonyl (C=O) groups excluding carboxylic acids is 1. The van der Waals surface area contributed by atoms with Crippen LogP contribution in [0.5, 0.6) is 0 Å². The van der Waals surface area contributed by atoms with Crippen molar-refractivity contribution in [2.24, 2.45) is 0 Å². The Kier molecular flexibility index (Phi) is 6.01. The number of ether oxygens (including phenoxy) is 1. The van der Waals surface area contributed by atoms with Crippen molar-refractivity contribution in [2.75, 3.05) is 33.4 Å². The molecule has 1 aromatic rings. The van der Waals surface area contributed by atoms with E-state index in [-0.39, 0.29) is 17.5 Å². The van der Waals surface area contributed by atoms with Crippen molar-refractivity contribution >= 4 is 5.91 Å². The summed E-state index contributed by atoms with van der Waals surface area (Å²) in [5.41, 5.74) is -0.500. The summed E-state index contributed by atoms with van der Waals surface area (Å²) < 4.78 is 42.5. The summed E-state index contributed by atoms with van der Waals surface area (Å²) in [4.78, 5) is 14.4. The van der Waals surface area contributed by atoms with Crippen molar-refractivity contribution in [1.82, 2.24) is 10.2 Å². The number of methoxy groups -OCH3 is 1. The van der Waals surface area contributed by atoms with Crippen LogP contribution in [0.2, 0.25) is 0 Å². The van der Waals surface area contributed by atoms with Crippen molar-refractivity contribution in [3.8, 4) is 0 Å². The Morgan fingerprint density at radius 2 is 1.87 bits per heavy atom. The molecule has 1 aromatic carbocycles. The van der Waals surface area contributed by atoms with Crippen LogP contribution in [-0.2, 0) is 10.9 Å². The molecule has 7 heteroatoms. The van der Waals surface area contributed by atoms with E-state index in [0.29, 0.717) is 6.61 Å². The lowest BCUT2D eigenvalue weighted by Crippen LogP contribution is -2.45. The normalized spacial score (nSPS) is 17.2. The molecule has 0 unspecified atom stereocenters. The lowest BCUT2D eigenvalue weighted by Gasteiger charge is -2.32. The van der Waals surface area contributed by atoms with E-state index in [1.165, 1.54) is 12.1 Å². The standard InChI is InChI=1S/C16H21F3N2O2/c1-23-11-10-21-8-6-14(7-9-21)20-15(22)12-2-4-13(5-3-12)16(17,18)19/h2-5,14H,6-11H2,1H3,(H,20,22). The van der Waals surface area contributed by atoms with E-state index in [9.17, 15) is 18.0 Å². The second kappa shape index (κ2) is 7.79. The van der Waals surface area contributed by atoms with E-state index in [4.69, 9.17) is 4.74 Å². The maximum absolute atomic E-state index is 12.5. The number of nitrogens with one attached hydrogen (secondary N) is 1. The fourth-order valence-corrected chi connectivity index (χ4v) is 2.60. The summed E-state index contributed by atoms with van der Waals surface area (Å²) in [5, 5.41) is 2.89. The molecule has 1 aliphatic rings. The van der Waals surface area contributed by atoms with Crippen LogP contribution in [0.25, 0.3) is 0 Å². The van der Waals surface area contributed by atoms with E-state index in [0.717, 1.165) is 44.6 Å². The Labute approximate surface area is 133 Å². The van der Waals surface area contributed by atoms with Gasteiger partial charge in [0.15, 0.2) is 0 Å². The summed E-state index contributed by atoms with van der Waals surface area (Å²) in [6.45, 7) is 3.31. The Morgan fingerprint density at radius 1 is 1.26 bits per heavy atom. The zero-order chi connectivity index (χ0) is 16.9. The maximum atomic E-state index is 12.5. The van der Waals surface area contributed by atoms with E-state index in [2.05, 4.69) is 10.2 Å². The number of amides is 1. The van der Waals surface area contributed by atoms with E-state index >= 15 is 0 Å². The summed E-state index contributed by atoms with van der Waals surface area (Å²) in [7, 11) is 1.66. The highest BCUT2D eigenvalue weighted by atomic mass is 19.4. The van der Waals surface area contributed by atoms with Gasteiger partial charge in [-0.1, -0.05) is 0 Å². The molecular weight excluding hydrogens is 309 g/mol. The minimum Gasteiger partial charge on any atom is -0.383 e. The molecule has 2 rings (SSSR count). The molecule has 1 saturated heterocycles. The zero-order valence-electron chi connectivity index (χ0n) is 13.0. The number of halogens is 3. The highest BCUT2D eigenvalue weighted by molar-refractivity contribution is 5.94. The van der Waals surface area contributed by atoms with Gasteiger partial charge in [0.05, 0.1) is 12.2 Å². The Morgan fingerprint density at radius 3 is 2.39 bits per heavy atom. The molecule has 0 saturated carbocycles. The number of nitrogens with zero attached hydrogens (tertiary/aromatic N) is 1. The fourth-order valence-electron chi connectivity index (χ4n) is 2.60. The van der Waals surface area contributed by atoms with Gasteiger partial charge in [-0.25, -0.2) is 0 Å². The van der Waals surface area contributed by atoms with Gasteiger partial charge >= 0.3 is 6.18 Å². The van der Waals surface area contributed by atoms with Crippen LogP contribution < -0.4 is 5.32 Å². The predicted molar refractivity (Wildman–Crippen MR) is 80.2 cm³/mol. The smallest absolute Gasteiger partial charge is 0.383 e. The molecule has 0 aromatic heterocycles. The molecule has 0 bridgehead atoms. The Hall–Kier alpha value is -1.60. The number of alkyl halides is 3. The average molecular weight is 330 g/mol. The largest absolute Gasteiger partial charge is 0.416 e. The highest BCUT2D eigenvalue weighted by Crippen LogP contribution is 2.29. The lowest BCUT2D eigenvalue weighted by atomic mass is 10.0. The molecule has 1 fully saturated rings. The average Bonchev–Trinajstić information content (AvgIpc) is 2.53. The Balaban J connectivity index is 1.83. The zero-order valence-corrected chi connectivity index (χ0v) is 13.0. The fraction of sp³-hybridized carbons (Fsp3) is 0.562. The van der Waals surface area contributed by atoms with Crippen LogP contribution in [0.15, 0.2) is 24.3 Å². The van der Waals surface area contributed by atoms with Gasteiger partial charge in [0, 0.05) is 38.3 Å². The van der Waals surface area contributed by atoms with Gasteiger partial charge in [0.1, 0.15) is 0 Å². The summed E-state index contributed by atoms with van der Waals surface area (Å²) in [6.07, 6.45) is -2.73. The van der Waals surface area contributed by atoms with Crippen LogP contribution in [0, 0.1) is 0 Å². The van der Waals surface area contributed by atoms with Gasteiger partial charge in [-0.05, 0) is 37.1 Å². The van der Waals surface area contributed by atoms with Crippen LogP contribution in [0.3, 0.4) is 0 Å². The van der Waals surface area contributed by atoms with Gasteiger partial charge < -0.3 is 15.0 Å². The molecular formula is C16H21F3N2O2.